The van der Waals surface area contributed by atoms with Crippen LogP contribution in [-0.2, 0) is 16.1 Å². The molecular formula is C41H55N5O6S. The molecule has 1 atom stereocenters. The van der Waals surface area contributed by atoms with Crippen LogP contribution in [0.4, 0.5) is 11.4 Å². The van der Waals surface area contributed by atoms with E-state index >= 15 is 0 Å². The average molecular weight is 746 g/mol. The smallest absolute Gasteiger partial charge is 0.332 e. The zero-order valence-electron chi connectivity index (χ0n) is 31.2. The van der Waals surface area contributed by atoms with Crippen LogP contribution in [0.3, 0.4) is 0 Å². The SMILES string of the molecule is CCCCCCCCCCCCCCCCCC(=O)Nc1ccc(OC)c(NC(=O)C(C(=O)c2cnsc2)n2c(O)cn(Cc3ccccc3)c2=O)c1. The van der Waals surface area contributed by atoms with E-state index in [4.69, 9.17) is 4.74 Å². The molecular weight excluding hydrogens is 691 g/mol. The molecule has 53 heavy (non-hydrogen) atoms. The maximum atomic E-state index is 13.9. The van der Waals surface area contributed by atoms with E-state index < -0.39 is 29.3 Å². The van der Waals surface area contributed by atoms with Gasteiger partial charge in [-0.15, -0.1) is 0 Å². The van der Waals surface area contributed by atoms with Gasteiger partial charge < -0.3 is 20.5 Å². The molecule has 286 valence electrons. The fourth-order valence-corrected chi connectivity index (χ4v) is 6.96. The first-order chi connectivity index (χ1) is 25.8. The number of rotatable bonds is 25. The summed E-state index contributed by atoms with van der Waals surface area (Å²) in [5.74, 6) is -2.01. The summed E-state index contributed by atoms with van der Waals surface area (Å²) in [6.45, 7) is 2.38. The van der Waals surface area contributed by atoms with Crippen LogP contribution in [0.2, 0.25) is 0 Å². The summed E-state index contributed by atoms with van der Waals surface area (Å²) >= 11 is 1.02. The number of nitrogens with zero attached hydrogens (tertiary/aromatic N) is 3. The lowest BCUT2D eigenvalue weighted by molar-refractivity contribution is -0.118. The van der Waals surface area contributed by atoms with Crippen LogP contribution in [0.1, 0.15) is 132 Å². The minimum Gasteiger partial charge on any atom is -0.495 e. The van der Waals surface area contributed by atoms with E-state index in [2.05, 4.69) is 21.9 Å². The summed E-state index contributed by atoms with van der Waals surface area (Å²) in [5.41, 5.74) is 0.786. The highest BCUT2D eigenvalue weighted by Gasteiger charge is 2.35. The number of imidazole rings is 1. The van der Waals surface area contributed by atoms with Crippen molar-refractivity contribution in [3.05, 3.63) is 87.9 Å². The van der Waals surface area contributed by atoms with Crippen molar-refractivity contribution in [2.24, 2.45) is 0 Å². The lowest BCUT2D eigenvalue weighted by atomic mass is 10.0. The molecule has 4 aromatic rings. The standard InChI is InChI=1S/C41H55N5O6S/c1-3-4-5-6-7-8-9-10-11-12-13-14-15-16-20-23-36(47)43-33-24-25-35(52-2)34(26-33)44-40(50)38(39(49)32-27-42-53-30-32)46-37(48)29-45(41(46)51)28-31-21-18-17-19-22-31/h17-19,21-22,24-27,29-30,38,48H,3-16,20,23,28H2,1-2H3,(H,43,47)(H,44,50). The van der Waals surface area contributed by atoms with Gasteiger partial charge >= 0.3 is 5.69 Å². The summed E-state index contributed by atoms with van der Waals surface area (Å²) in [6, 6.07) is 12.2. The van der Waals surface area contributed by atoms with Crippen LogP contribution in [0, 0.1) is 0 Å². The zero-order chi connectivity index (χ0) is 37.8. The second-order valence-electron chi connectivity index (χ2n) is 13.6. The highest BCUT2D eigenvalue weighted by Crippen LogP contribution is 2.30. The van der Waals surface area contributed by atoms with Crippen molar-refractivity contribution in [3.63, 3.8) is 0 Å². The Kier molecular flexibility index (Phi) is 17.3. The molecule has 12 heteroatoms. The van der Waals surface area contributed by atoms with Crippen molar-refractivity contribution >= 4 is 40.5 Å². The number of ether oxygens (including phenoxy) is 1. The number of ketones is 1. The van der Waals surface area contributed by atoms with Crippen molar-refractivity contribution in [2.75, 3.05) is 17.7 Å². The van der Waals surface area contributed by atoms with Gasteiger partial charge in [0, 0.05) is 17.5 Å². The summed E-state index contributed by atoms with van der Waals surface area (Å²) in [5, 5.41) is 18.0. The van der Waals surface area contributed by atoms with E-state index in [1.165, 1.54) is 113 Å². The van der Waals surface area contributed by atoms with Gasteiger partial charge in [0.25, 0.3) is 5.91 Å². The van der Waals surface area contributed by atoms with Crippen molar-refractivity contribution in [1.82, 2.24) is 13.5 Å². The quantitative estimate of drug-likeness (QED) is 0.0349. The predicted octanol–water partition coefficient (Wildman–Crippen LogP) is 9.13. The van der Waals surface area contributed by atoms with E-state index in [9.17, 15) is 24.3 Å². The van der Waals surface area contributed by atoms with Gasteiger partial charge in [-0.25, -0.2) is 13.7 Å². The predicted molar refractivity (Wildman–Crippen MR) is 211 cm³/mol. The molecule has 1 unspecified atom stereocenters. The van der Waals surface area contributed by atoms with Gasteiger partial charge in [0.2, 0.25) is 11.8 Å². The minimum atomic E-state index is -1.76. The van der Waals surface area contributed by atoms with E-state index in [0.29, 0.717) is 12.1 Å². The molecule has 0 aliphatic heterocycles. The molecule has 11 nitrogen and oxygen atoms in total. The third-order valence-electron chi connectivity index (χ3n) is 9.39. The van der Waals surface area contributed by atoms with E-state index in [0.717, 1.165) is 40.9 Å². The molecule has 0 aliphatic carbocycles. The van der Waals surface area contributed by atoms with E-state index in [1.54, 1.807) is 12.1 Å². The number of aromatic nitrogens is 3. The topological polar surface area (TPSA) is 145 Å². The normalized spacial score (nSPS) is 11.7. The first-order valence-electron chi connectivity index (χ1n) is 19.1. The largest absolute Gasteiger partial charge is 0.495 e. The molecule has 0 fully saturated rings. The van der Waals surface area contributed by atoms with Crippen molar-refractivity contribution in [1.29, 1.82) is 0 Å². The number of hydrogen-bond donors (Lipinski definition) is 3. The highest BCUT2D eigenvalue weighted by atomic mass is 32.1. The number of methoxy groups -OCH3 is 1. The fourth-order valence-electron chi connectivity index (χ4n) is 6.43. The lowest BCUT2D eigenvalue weighted by Crippen LogP contribution is -2.38. The Balaban J connectivity index is 1.30. The number of aromatic hydroxyl groups is 1. The van der Waals surface area contributed by atoms with Crippen LogP contribution in [0.5, 0.6) is 11.6 Å². The molecule has 2 aromatic carbocycles. The van der Waals surface area contributed by atoms with Gasteiger partial charge in [0.15, 0.2) is 11.8 Å². The molecule has 0 aliphatic rings. The van der Waals surface area contributed by atoms with Crippen LogP contribution in [-0.4, -0.2) is 43.3 Å². The molecule has 2 aromatic heterocycles. The van der Waals surface area contributed by atoms with Crippen molar-refractivity contribution < 1.29 is 24.2 Å². The van der Waals surface area contributed by atoms with Crippen LogP contribution in [0.25, 0.3) is 0 Å². The number of unbranched alkanes of at least 4 members (excludes halogenated alkanes) is 14. The number of amides is 2. The highest BCUT2D eigenvalue weighted by molar-refractivity contribution is 7.03. The lowest BCUT2D eigenvalue weighted by Gasteiger charge is -2.18. The molecule has 2 heterocycles. The van der Waals surface area contributed by atoms with E-state index in [1.807, 2.05) is 30.3 Å². The third kappa shape index (κ3) is 13.0. The molecule has 2 amide bonds. The van der Waals surface area contributed by atoms with Gasteiger partial charge in [-0.2, -0.15) is 0 Å². The zero-order valence-corrected chi connectivity index (χ0v) is 32.0. The van der Waals surface area contributed by atoms with Crippen molar-refractivity contribution in [3.8, 4) is 11.6 Å². The van der Waals surface area contributed by atoms with Gasteiger partial charge in [0.1, 0.15) is 5.75 Å². The molecule has 4 rings (SSSR count). The number of hydrogen-bond acceptors (Lipinski definition) is 8. The number of carbonyl (C=O) groups excluding carboxylic acids is 3. The number of benzene rings is 2. The monoisotopic (exact) mass is 745 g/mol. The summed E-state index contributed by atoms with van der Waals surface area (Å²) < 4.78 is 11.4. The Morgan fingerprint density at radius 1 is 0.849 bits per heavy atom. The minimum absolute atomic E-state index is 0.115. The van der Waals surface area contributed by atoms with Gasteiger partial charge in [0.05, 0.1) is 37.3 Å². The second kappa shape index (κ2) is 22.4. The molecule has 0 bridgehead atoms. The molecule has 3 N–H and O–H groups in total. The van der Waals surface area contributed by atoms with Gasteiger partial charge in [-0.1, -0.05) is 127 Å². The van der Waals surface area contributed by atoms with Crippen LogP contribution >= 0.6 is 11.5 Å². The maximum Gasteiger partial charge on any atom is 0.332 e. The number of anilines is 2. The van der Waals surface area contributed by atoms with Crippen LogP contribution < -0.4 is 21.1 Å². The van der Waals surface area contributed by atoms with Gasteiger partial charge in [-0.05, 0) is 41.7 Å². The third-order valence-corrected chi connectivity index (χ3v) is 9.97. The summed E-state index contributed by atoms with van der Waals surface area (Å²) in [7, 11) is 1.43. The van der Waals surface area contributed by atoms with Crippen LogP contribution in [0.15, 0.2) is 71.1 Å². The Morgan fingerprint density at radius 3 is 2.06 bits per heavy atom. The number of Topliss-reactive ketones (excluding diaryl/α,β-unsaturated/α-hetero) is 1. The Hall–Kier alpha value is -4.71. The summed E-state index contributed by atoms with van der Waals surface area (Å²) in [6.07, 6.45) is 21.7. The number of carbonyl (C=O) groups is 3. The van der Waals surface area contributed by atoms with Crippen molar-refractivity contribution in [2.45, 2.75) is 122 Å². The molecule has 0 spiro atoms. The number of nitrogens with one attached hydrogen (secondary N) is 2. The molecule has 0 saturated carbocycles. The summed E-state index contributed by atoms with van der Waals surface area (Å²) in [4.78, 5) is 54.0. The Labute approximate surface area is 316 Å². The first kappa shape index (κ1) is 41.1. The second-order valence-corrected chi connectivity index (χ2v) is 14.2. The average Bonchev–Trinajstić information content (AvgIpc) is 3.79. The fraction of sp³-hybridized carbons (Fsp3) is 0.488. The maximum absolute atomic E-state index is 13.9. The Bertz CT molecular complexity index is 1770. The molecule has 0 radical (unpaired) electrons. The first-order valence-corrected chi connectivity index (χ1v) is 19.9. The Morgan fingerprint density at radius 2 is 1.47 bits per heavy atom. The van der Waals surface area contributed by atoms with Gasteiger partial charge in [-0.3, -0.25) is 19.0 Å². The molecule has 0 saturated heterocycles. The van der Waals surface area contributed by atoms with E-state index in [-0.39, 0.29) is 29.5 Å².